The van der Waals surface area contributed by atoms with Gasteiger partial charge >= 0.3 is 5.76 Å². The fraction of sp³-hybridized carbons (Fsp3) is 1.00. The molecular formula is C7H14F2N2O2S. The van der Waals surface area contributed by atoms with E-state index < -0.39 is 15.8 Å². The third-order valence-electron chi connectivity index (χ3n) is 2.25. The predicted octanol–water partition coefficient (Wildman–Crippen LogP) is 0.128. The molecule has 0 spiro atoms. The van der Waals surface area contributed by atoms with Gasteiger partial charge in [-0.1, -0.05) is 0 Å². The zero-order valence-corrected chi connectivity index (χ0v) is 8.49. The molecule has 0 saturated carbocycles. The van der Waals surface area contributed by atoms with E-state index in [0.29, 0.717) is 12.3 Å². The summed E-state index contributed by atoms with van der Waals surface area (Å²) in [5.74, 6) is -2.93. The molecule has 0 amide bonds. The molecule has 0 aliphatic carbocycles. The second-order valence-electron chi connectivity index (χ2n) is 3.35. The van der Waals surface area contributed by atoms with E-state index in [0.717, 1.165) is 19.5 Å². The van der Waals surface area contributed by atoms with Crippen LogP contribution in [-0.4, -0.2) is 33.8 Å². The van der Waals surface area contributed by atoms with Gasteiger partial charge in [0.2, 0.25) is 0 Å². The lowest BCUT2D eigenvalue weighted by Crippen LogP contribution is -2.31. The minimum absolute atomic E-state index is 0.0962. The molecule has 1 atom stereocenters. The Labute approximate surface area is 82.1 Å². The fourth-order valence-corrected chi connectivity index (χ4v) is 1.96. The van der Waals surface area contributed by atoms with E-state index in [4.69, 9.17) is 0 Å². The highest BCUT2D eigenvalue weighted by atomic mass is 32.2. The first-order valence-corrected chi connectivity index (χ1v) is 6.04. The molecule has 1 rings (SSSR count). The van der Waals surface area contributed by atoms with Crippen LogP contribution in [0.4, 0.5) is 8.78 Å². The number of halogens is 2. The van der Waals surface area contributed by atoms with Crippen LogP contribution in [-0.2, 0) is 10.0 Å². The summed E-state index contributed by atoms with van der Waals surface area (Å²) < 4.78 is 46.8. The van der Waals surface area contributed by atoms with Crippen molar-refractivity contribution < 1.29 is 17.2 Å². The molecule has 1 aliphatic heterocycles. The Hall–Kier alpha value is -0.270. The Morgan fingerprint density at radius 2 is 2.21 bits per heavy atom. The Kier molecular flexibility index (Phi) is 4.21. The van der Waals surface area contributed by atoms with Crippen molar-refractivity contribution in [2.45, 2.75) is 18.6 Å². The van der Waals surface area contributed by atoms with Gasteiger partial charge in [0.25, 0.3) is 10.0 Å². The lowest BCUT2D eigenvalue weighted by molar-refractivity contribution is 0.232. The second kappa shape index (κ2) is 4.99. The lowest BCUT2D eigenvalue weighted by Gasteiger charge is -2.09. The van der Waals surface area contributed by atoms with Crippen LogP contribution in [0.1, 0.15) is 12.8 Å². The average Bonchev–Trinajstić information content (AvgIpc) is 2.56. The molecule has 0 bridgehead atoms. The largest absolute Gasteiger partial charge is 0.350 e. The molecule has 7 heteroatoms. The highest BCUT2D eigenvalue weighted by Crippen LogP contribution is 2.11. The van der Waals surface area contributed by atoms with Crippen LogP contribution in [0, 0.1) is 5.92 Å². The van der Waals surface area contributed by atoms with Gasteiger partial charge < -0.3 is 5.32 Å². The maximum atomic E-state index is 11.9. The maximum absolute atomic E-state index is 11.9. The van der Waals surface area contributed by atoms with Gasteiger partial charge in [0, 0.05) is 6.54 Å². The first-order chi connectivity index (χ1) is 6.52. The predicted molar refractivity (Wildman–Crippen MR) is 48.5 cm³/mol. The summed E-state index contributed by atoms with van der Waals surface area (Å²) in [6.45, 7) is 1.86. The normalized spacial score (nSPS) is 23.2. The van der Waals surface area contributed by atoms with Crippen LogP contribution in [0.2, 0.25) is 0 Å². The molecule has 1 saturated heterocycles. The van der Waals surface area contributed by atoms with E-state index in [-0.39, 0.29) is 6.54 Å². The SMILES string of the molecule is O=S(=O)(NCCC1CCNC1)C(F)F. The summed E-state index contributed by atoms with van der Waals surface area (Å²) in [4.78, 5) is 0. The van der Waals surface area contributed by atoms with E-state index in [9.17, 15) is 17.2 Å². The third-order valence-corrected chi connectivity index (χ3v) is 3.33. The Balaban J connectivity index is 2.20. The minimum atomic E-state index is -4.39. The number of sulfonamides is 1. The summed E-state index contributed by atoms with van der Waals surface area (Å²) in [5, 5.41) is 3.12. The number of hydrogen-bond acceptors (Lipinski definition) is 3. The second-order valence-corrected chi connectivity index (χ2v) is 5.08. The monoisotopic (exact) mass is 228 g/mol. The Bertz CT molecular complexity index is 263. The van der Waals surface area contributed by atoms with Crippen molar-refractivity contribution in [2.24, 2.45) is 5.92 Å². The number of alkyl halides is 2. The van der Waals surface area contributed by atoms with Crippen LogP contribution >= 0.6 is 0 Å². The van der Waals surface area contributed by atoms with Gasteiger partial charge in [-0.3, -0.25) is 0 Å². The van der Waals surface area contributed by atoms with E-state index >= 15 is 0 Å². The van der Waals surface area contributed by atoms with E-state index in [1.165, 1.54) is 0 Å². The first-order valence-electron chi connectivity index (χ1n) is 4.50. The summed E-state index contributed by atoms with van der Waals surface area (Å²) in [5.41, 5.74) is 0. The molecule has 1 heterocycles. The average molecular weight is 228 g/mol. The standard InChI is InChI=1S/C7H14F2N2O2S/c8-7(9)14(12,13)11-4-2-6-1-3-10-5-6/h6-7,10-11H,1-5H2. The van der Waals surface area contributed by atoms with Gasteiger partial charge in [0.05, 0.1) is 0 Å². The molecular weight excluding hydrogens is 214 g/mol. The quantitative estimate of drug-likeness (QED) is 0.703. The summed E-state index contributed by atoms with van der Waals surface area (Å²) in [6, 6.07) is 0. The highest BCUT2D eigenvalue weighted by Gasteiger charge is 2.23. The number of rotatable bonds is 5. The van der Waals surface area contributed by atoms with Crippen LogP contribution < -0.4 is 10.0 Å². The number of nitrogens with one attached hydrogen (secondary N) is 2. The van der Waals surface area contributed by atoms with Crippen LogP contribution in [0.5, 0.6) is 0 Å². The third kappa shape index (κ3) is 3.47. The van der Waals surface area contributed by atoms with Crippen LogP contribution in [0.25, 0.3) is 0 Å². The van der Waals surface area contributed by atoms with Gasteiger partial charge in [-0.15, -0.1) is 0 Å². The zero-order valence-electron chi connectivity index (χ0n) is 7.67. The van der Waals surface area contributed by atoms with Gasteiger partial charge in [-0.25, -0.2) is 13.1 Å². The Morgan fingerprint density at radius 1 is 1.50 bits per heavy atom. The topological polar surface area (TPSA) is 58.2 Å². The van der Waals surface area contributed by atoms with E-state index in [1.807, 2.05) is 4.72 Å². The molecule has 0 aromatic rings. The number of hydrogen-bond donors (Lipinski definition) is 2. The van der Waals surface area contributed by atoms with Gasteiger partial charge in [0.15, 0.2) is 0 Å². The first kappa shape index (κ1) is 11.8. The van der Waals surface area contributed by atoms with Crippen LogP contribution in [0.15, 0.2) is 0 Å². The van der Waals surface area contributed by atoms with Crippen molar-refractivity contribution in [3.8, 4) is 0 Å². The molecule has 1 unspecified atom stereocenters. The van der Waals surface area contributed by atoms with E-state index in [2.05, 4.69) is 5.32 Å². The zero-order chi connectivity index (χ0) is 10.6. The van der Waals surface area contributed by atoms with E-state index in [1.54, 1.807) is 0 Å². The molecule has 84 valence electrons. The molecule has 0 aromatic heterocycles. The fourth-order valence-electron chi connectivity index (χ4n) is 1.43. The molecule has 1 fully saturated rings. The summed E-state index contributed by atoms with van der Waals surface area (Å²) >= 11 is 0. The van der Waals surface area contributed by atoms with Crippen LogP contribution in [0.3, 0.4) is 0 Å². The van der Waals surface area contributed by atoms with Crippen molar-refractivity contribution in [3.05, 3.63) is 0 Å². The highest BCUT2D eigenvalue weighted by molar-refractivity contribution is 7.89. The molecule has 2 N–H and O–H groups in total. The summed E-state index contributed by atoms with van der Waals surface area (Å²) in [6.07, 6.45) is 1.59. The molecule has 14 heavy (non-hydrogen) atoms. The van der Waals surface area contributed by atoms with Gasteiger partial charge in [-0.05, 0) is 31.8 Å². The summed E-state index contributed by atoms with van der Waals surface area (Å²) in [7, 11) is -4.39. The van der Waals surface area contributed by atoms with Crippen molar-refractivity contribution in [3.63, 3.8) is 0 Å². The maximum Gasteiger partial charge on any atom is 0.350 e. The smallest absolute Gasteiger partial charge is 0.316 e. The lowest BCUT2D eigenvalue weighted by atomic mass is 10.1. The molecule has 4 nitrogen and oxygen atoms in total. The van der Waals surface area contributed by atoms with Gasteiger partial charge in [-0.2, -0.15) is 8.78 Å². The van der Waals surface area contributed by atoms with Crippen molar-refractivity contribution in [1.82, 2.24) is 10.0 Å². The van der Waals surface area contributed by atoms with Crippen molar-refractivity contribution >= 4 is 10.0 Å². The molecule has 0 radical (unpaired) electrons. The minimum Gasteiger partial charge on any atom is -0.316 e. The van der Waals surface area contributed by atoms with Crippen molar-refractivity contribution in [1.29, 1.82) is 0 Å². The molecule has 1 aliphatic rings. The van der Waals surface area contributed by atoms with Gasteiger partial charge in [0.1, 0.15) is 0 Å². The molecule has 0 aromatic carbocycles. The Morgan fingerprint density at radius 3 is 2.71 bits per heavy atom. The van der Waals surface area contributed by atoms with Crippen molar-refractivity contribution in [2.75, 3.05) is 19.6 Å².